The van der Waals surface area contributed by atoms with Gasteiger partial charge in [0.15, 0.2) is 0 Å². The lowest BCUT2D eigenvalue weighted by molar-refractivity contribution is 0.112. The van der Waals surface area contributed by atoms with Crippen molar-refractivity contribution in [1.82, 2.24) is 4.72 Å². The summed E-state index contributed by atoms with van der Waals surface area (Å²) in [5.41, 5.74) is 0.360. The first-order valence-electron chi connectivity index (χ1n) is 5.09. The molecule has 0 aliphatic heterocycles. The summed E-state index contributed by atoms with van der Waals surface area (Å²) < 4.78 is 28.2. The first-order valence-corrected chi connectivity index (χ1v) is 6.57. The van der Waals surface area contributed by atoms with Gasteiger partial charge in [-0.05, 0) is 45.0 Å². The molecular formula is C11H16N2O3S. The second kappa shape index (κ2) is 4.85. The van der Waals surface area contributed by atoms with Gasteiger partial charge in [-0.2, -0.15) is 13.1 Å². The molecule has 1 aromatic carbocycles. The Morgan fingerprint density at radius 1 is 1.12 bits per heavy atom. The molecule has 2 N–H and O–H groups in total. The van der Waals surface area contributed by atoms with Gasteiger partial charge in [0.2, 0.25) is 0 Å². The van der Waals surface area contributed by atoms with Crippen LogP contribution in [0.25, 0.3) is 0 Å². The van der Waals surface area contributed by atoms with Crippen LogP contribution >= 0.6 is 0 Å². The highest BCUT2D eigenvalue weighted by atomic mass is 32.2. The van der Waals surface area contributed by atoms with Gasteiger partial charge < -0.3 is 0 Å². The Labute approximate surface area is 101 Å². The van der Waals surface area contributed by atoms with Crippen LogP contribution in [-0.4, -0.2) is 20.2 Å². The first-order chi connectivity index (χ1) is 7.72. The van der Waals surface area contributed by atoms with E-state index in [1.165, 1.54) is 12.1 Å². The zero-order chi connectivity index (χ0) is 13.1. The van der Waals surface area contributed by atoms with Crippen molar-refractivity contribution in [3.8, 4) is 0 Å². The van der Waals surface area contributed by atoms with Gasteiger partial charge >= 0.3 is 0 Å². The largest absolute Gasteiger partial charge is 0.299 e. The van der Waals surface area contributed by atoms with E-state index in [4.69, 9.17) is 0 Å². The summed E-state index contributed by atoms with van der Waals surface area (Å²) in [4.78, 5) is 10.4. The number of aldehydes is 1. The molecule has 0 aromatic heterocycles. The van der Waals surface area contributed by atoms with Crippen LogP contribution in [0.1, 0.15) is 31.1 Å². The number of hydrogen-bond donors (Lipinski definition) is 2. The minimum Gasteiger partial charge on any atom is -0.298 e. The number of nitrogens with one attached hydrogen (secondary N) is 2. The maximum atomic E-state index is 11.7. The minimum atomic E-state index is -3.60. The molecule has 0 amide bonds. The zero-order valence-corrected chi connectivity index (χ0v) is 10.8. The van der Waals surface area contributed by atoms with Crippen molar-refractivity contribution >= 4 is 22.2 Å². The second-order valence-electron chi connectivity index (χ2n) is 4.70. The minimum absolute atomic E-state index is 0.410. The third kappa shape index (κ3) is 4.97. The van der Waals surface area contributed by atoms with Crippen LogP contribution < -0.4 is 9.44 Å². The van der Waals surface area contributed by atoms with Gasteiger partial charge in [-0.25, -0.2) is 0 Å². The molecule has 1 rings (SSSR count). The monoisotopic (exact) mass is 256 g/mol. The van der Waals surface area contributed by atoms with E-state index in [9.17, 15) is 13.2 Å². The van der Waals surface area contributed by atoms with E-state index < -0.39 is 15.7 Å². The molecule has 1 aromatic rings. The zero-order valence-electron chi connectivity index (χ0n) is 10.0. The van der Waals surface area contributed by atoms with Crippen LogP contribution in [0, 0.1) is 0 Å². The average Bonchev–Trinajstić information content (AvgIpc) is 2.14. The molecule has 0 fully saturated rings. The van der Waals surface area contributed by atoms with E-state index >= 15 is 0 Å². The Hall–Kier alpha value is -1.40. The first kappa shape index (κ1) is 13.7. The van der Waals surface area contributed by atoms with Crippen molar-refractivity contribution in [2.75, 3.05) is 4.72 Å². The summed E-state index contributed by atoms with van der Waals surface area (Å²) in [6.45, 7) is 5.26. The van der Waals surface area contributed by atoms with Gasteiger partial charge in [-0.1, -0.05) is 0 Å². The molecule has 0 saturated heterocycles. The maximum absolute atomic E-state index is 11.7. The molecule has 0 bridgehead atoms. The fourth-order valence-corrected chi connectivity index (χ4v) is 2.52. The smallest absolute Gasteiger partial charge is 0.298 e. The van der Waals surface area contributed by atoms with Crippen LogP contribution in [0.3, 0.4) is 0 Å². The lowest BCUT2D eigenvalue weighted by Gasteiger charge is -2.20. The highest BCUT2D eigenvalue weighted by molar-refractivity contribution is 7.90. The molecule has 6 heteroatoms. The fourth-order valence-electron chi connectivity index (χ4n) is 1.21. The van der Waals surface area contributed by atoms with E-state index in [1.807, 2.05) is 0 Å². The molecule has 0 radical (unpaired) electrons. The third-order valence-corrected chi connectivity index (χ3v) is 3.13. The Bertz CT molecular complexity index is 486. The molecule has 17 heavy (non-hydrogen) atoms. The highest BCUT2D eigenvalue weighted by Crippen LogP contribution is 2.11. The van der Waals surface area contributed by atoms with E-state index in [1.54, 1.807) is 32.9 Å². The molecule has 94 valence electrons. The lowest BCUT2D eigenvalue weighted by Crippen LogP contribution is -2.43. The number of anilines is 1. The summed E-state index contributed by atoms with van der Waals surface area (Å²) in [5, 5.41) is 0. The van der Waals surface area contributed by atoms with Gasteiger partial charge in [0.25, 0.3) is 10.2 Å². The van der Waals surface area contributed by atoms with Crippen molar-refractivity contribution in [3.05, 3.63) is 29.8 Å². The van der Waals surface area contributed by atoms with Crippen molar-refractivity contribution in [3.63, 3.8) is 0 Å². The quantitative estimate of drug-likeness (QED) is 0.802. The lowest BCUT2D eigenvalue weighted by atomic mass is 10.1. The van der Waals surface area contributed by atoms with Gasteiger partial charge in [0, 0.05) is 16.8 Å². The molecule has 0 saturated carbocycles. The molecule has 0 unspecified atom stereocenters. The van der Waals surface area contributed by atoms with Crippen LogP contribution in [0.4, 0.5) is 5.69 Å². The van der Waals surface area contributed by atoms with E-state index in [0.29, 0.717) is 17.5 Å². The van der Waals surface area contributed by atoms with Gasteiger partial charge in [-0.15, -0.1) is 0 Å². The van der Waals surface area contributed by atoms with Crippen LogP contribution in [0.2, 0.25) is 0 Å². The van der Waals surface area contributed by atoms with E-state index in [0.717, 1.165) is 0 Å². The van der Waals surface area contributed by atoms with Crippen molar-refractivity contribution in [2.24, 2.45) is 0 Å². The van der Waals surface area contributed by atoms with Crippen molar-refractivity contribution < 1.29 is 13.2 Å². The Balaban J connectivity index is 2.80. The molecular weight excluding hydrogens is 240 g/mol. The van der Waals surface area contributed by atoms with Crippen LogP contribution in [-0.2, 0) is 10.2 Å². The third-order valence-electron chi connectivity index (χ3n) is 1.74. The number of benzene rings is 1. The van der Waals surface area contributed by atoms with Crippen LogP contribution in [0.15, 0.2) is 24.3 Å². The number of hydrogen-bond acceptors (Lipinski definition) is 3. The Morgan fingerprint density at radius 2 is 1.65 bits per heavy atom. The summed E-state index contributed by atoms with van der Waals surface area (Å²) in [5.74, 6) is 0. The normalized spacial score (nSPS) is 12.2. The Morgan fingerprint density at radius 3 is 2.06 bits per heavy atom. The summed E-state index contributed by atoms with van der Waals surface area (Å²) >= 11 is 0. The molecule has 5 nitrogen and oxygen atoms in total. The maximum Gasteiger partial charge on any atom is 0.299 e. The summed E-state index contributed by atoms with van der Waals surface area (Å²) in [6.07, 6.45) is 0.700. The Kier molecular flexibility index (Phi) is 3.90. The van der Waals surface area contributed by atoms with Gasteiger partial charge in [0.1, 0.15) is 6.29 Å². The van der Waals surface area contributed by atoms with Crippen LogP contribution in [0.5, 0.6) is 0 Å². The summed E-state index contributed by atoms with van der Waals surface area (Å²) in [6, 6.07) is 6.15. The SMILES string of the molecule is CC(C)(C)NS(=O)(=O)Nc1ccc(C=O)cc1. The van der Waals surface area contributed by atoms with Crippen molar-refractivity contribution in [1.29, 1.82) is 0 Å². The molecule has 0 heterocycles. The predicted octanol–water partition coefficient (Wildman–Crippen LogP) is 1.54. The summed E-state index contributed by atoms with van der Waals surface area (Å²) in [7, 11) is -3.60. The number of carbonyl (C=O) groups excluding carboxylic acids is 1. The molecule has 0 aliphatic carbocycles. The topological polar surface area (TPSA) is 75.3 Å². The van der Waals surface area contributed by atoms with Crippen molar-refractivity contribution in [2.45, 2.75) is 26.3 Å². The van der Waals surface area contributed by atoms with Gasteiger partial charge in [0.05, 0.1) is 0 Å². The fraction of sp³-hybridized carbons (Fsp3) is 0.364. The molecule has 0 spiro atoms. The van der Waals surface area contributed by atoms with E-state index in [-0.39, 0.29) is 0 Å². The standard InChI is InChI=1S/C11H16N2O3S/c1-11(2,3)13-17(15,16)12-10-6-4-9(8-14)5-7-10/h4-8,12-13H,1-3H3. The average molecular weight is 256 g/mol. The van der Waals surface area contributed by atoms with Gasteiger partial charge in [-0.3, -0.25) is 9.52 Å². The number of rotatable bonds is 4. The highest BCUT2D eigenvalue weighted by Gasteiger charge is 2.19. The number of carbonyl (C=O) groups is 1. The molecule has 0 atom stereocenters. The second-order valence-corrected chi connectivity index (χ2v) is 6.11. The van der Waals surface area contributed by atoms with E-state index in [2.05, 4.69) is 9.44 Å². The molecule has 0 aliphatic rings. The predicted molar refractivity (Wildman–Crippen MR) is 67.3 cm³/mol.